The van der Waals surface area contributed by atoms with Crippen LogP contribution in [0.25, 0.3) is 0 Å². The van der Waals surface area contributed by atoms with Crippen LogP contribution in [0, 0.1) is 0 Å². The fourth-order valence-electron chi connectivity index (χ4n) is 1.45. The Morgan fingerprint density at radius 3 is 2.87 bits per heavy atom. The second kappa shape index (κ2) is 3.76. The maximum atomic E-state index is 11.7. The molecular weight excluding hydrogens is 226 g/mol. The van der Waals surface area contributed by atoms with Crippen molar-refractivity contribution in [2.45, 2.75) is 29.2 Å². The molecule has 0 aromatic heterocycles. The van der Waals surface area contributed by atoms with Crippen molar-refractivity contribution in [2.24, 2.45) is 0 Å². The lowest BCUT2D eigenvalue weighted by atomic mass is 10.1. The Morgan fingerprint density at radius 2 is 2.20 bits per heavy atom. The first kappa shape index (κ1) is 10.9. The largest absolute Gasteiger partial charge is 0.324 e. The molecule has 1 aliphatic rings. The van der Waals surface area contributed by atoms with Crippen LogP contribution in [0.3, 0.4) is 0 Å². The molecule has 0 aliphatic carbocycles. The molecule has 0 radical (unpaired) electrons. The second-order valence-corrected chi connectivity index (χ2v) is 6.04. The highest BCUT2D eigenvalue weighted by Gasteiger charge is 2.34. The highest BCUT2D eigenvalue weighted by Crippen LogP contribution is 2.42. The lowest BCUT2D eigenvalue weighted by molar-refractivity contribution is -0.117. The van der Waals surface area contributed by atoms with Crippen molar-refractivity contribution in [2.75, 3.05) is 5.32 Å². The summed E-state index contributed by atoms with van der Waals surface area (Å²) in [4.78, 5) is 12.8. The molecule has 1 N–H and O–H groups in total. The molecule has 0 fully saturated rings. The van der Waals surface area contributed by atoms with Crippen LogP contribution < -0.4 is 5.32 Å². The van der Waals surface area contributed by atoms with Gasteiger partial charge in [-0.3, -0.25) is 4.79 Å². The standard InChI is InChI=1S/C11H13NOS2/c1-11(2)10(13)12-8-4-3-7(6-14)5-9(8)15-11/h3-5,14H,6H2,1-2H3,(H,12,13). The van der Waals surface area contributed by atoms with E-state index in [2.05, 4.69) is 24.0 Å². The fraction of sp³-hybridized carbons (Fsp3) is 0.364. The van der Waals surface area contributed by atoms with Crippen LogP contribution in [-0.4, -0.2) is 10.7 Å². The maximum Gasteiger partial charge on any atom is 0.240 e. The van der Waals surface area contributed by atoms with Crippen LogP contribution in [0.5, 0.6) is 0 Å². The Bertz CT molecular complexity index is 415. The van der Waals surface area contributed by atoms with E-state index in [4.69, 9.17) is 0 Å². The summed E-state index contributed by atoms with van der Waals surface area (Å²) in [7, 11) is 0. The van der Waals surface area contributed by atoms with Crippen LogP contribution in [0.2, 0.25) is 0 Å². The Kier molecular flexibility index (Phi) is 2.73. The topological polar surface area (TPSA) is 29.1 Å². The molecule has 4 heteroatoms. The zero-order valence-corrected chi connectivity index (χ0v) is 10.4. The smallest absolute Gasteiger partial charge is 0.240 e. The molecule has 0 spiro atoms. The molecule has 1 aromatic carbocycles. The highest BCUT2D eigenvalue weighted by molar-refractivity contribution is 8.01. The predicted octanol–water partition coefficient (Wildman–Crippen LogP) is 2.94. The van der Waals surface area contributed by atoms with Crippen LogP contribution in [-0.2, 0) is 10.5 Å². The number of thioether (sulfide) groups is 1. The van der Waals surface area contributed by atoms with Crippen LogP contribution in [0.4, 0.5) is 5.69 Å². The molecule has 0 saturated carbocycles. The molecule has 0 unspecified atom stereocenters. The molecular formula is C11H13NOS2. The Balaban J connectivity index is 2.42. The Labute approximate surface area is 99.2 Å². The number of thiol groups is 1. The summed E-state index contributed by atoms with van der Waals surface area (Å²) >= 11 is 5.85. The van der Waals surface area contributed by atoms with Gasteiger partial charge in [0.15, 0.2) is 0 Å². The first-order chi connectivity index (χ1) is 7.03. The lowest BCUT2D eigenvalue weighted by Gasteiger charge is -2.29. The summed E-state index contributed by atoms with van der Waals surface area (Å²) in [6.45, 7) is 3.87. The molecule has 0 saturated heterocycles. The van der Waals surface area contributed by atoms with Crippen molar-refractivity contribution in [3.05, 3.63) is 23.8 Å². The summed E-state index contributed by atoms with van der Waals surface area (Å²) in [5.41, 5.74) is 2.09. The lowest BCUT2D eigenvalue weighted by Crippen LogP contribution is -2.37. The zero-order valence-electron chi connectivity index (χ0n) is 8.70. The van der Waals surface area contributed by atoms with Gasteiger partial charge in [0.05, 0.1) is 10.4 Å². The van der Waals surface area contributed by atoms with Crippen molar-refractivity contribution in [3.63, 3.8) is 0 Å². The third kappa shape index (κ3) is 2.01. The molecule has 15 heavy (non-hydrogen) atoms. The van der Waals surface area contributed by atoms with E-state index in [9.17, 15) is 4.79 Å². The van der Waals surface area contributed by atoms with Gasteiger partial charge in [-0.15, -0.1) is 11.8 Å². The van der Waals surface area contributed by atoms with Gasteiger partial charge in [0.1, 0.15) is 0 Å². The number of hydrogen-bond donors (Lipinski definition) is 2. The number of rotatable bonds is 1. The van der Waals surface area contributed by atoms with Gasteiger partial charge in [0.2, 0.25) is 5.91 Å². The maximum absolute atomic E-state index is 11.7. The minimum atomic E-state index is -0.387. The van der Waals surface area contributed by atoms with Crippen molar-refractivity contribution >= 4 is 36.0 Å². The number of benzene rings is 1. The predicted molar refractivity (Wildman–Crippen MR) is 67.7 cm³/mol. The normalized spacial score (nSPS) is 18.2. The molecule has 1 aliphatic heterocycles. The minimum absolute atomic E-state index is 0.0682. The van der Waals surface area contributed by atoms with E-state index in [1.807, 2.05) is 26.0 Å². The molecule has 1 amide bonds. The number of carbonyl (C=O) groups is 1. The summed E-state index contributed by atoms with van der Waals surface area (Å²) in [6.07, 6.45) is 0. The number of nitrogens with one attached hydrogen (secondary N) is 1. The molecule has 1 aromatic rings. The van der Waals surface area contributed by atoms with Gasteiger partial charge in [-0.2, -0.15) is 12.6 Å². The Morgan fingerprint density at radius 1 is 1.47 bits per heavy atom. The van der Waals surface area contributed by atoms with E-state index in [0.29, 0.717) is 0 Å². The molecule has 0 atom stereocenters. The number of hydrogen-bond acceptors (Lipinski definition) is 3. The van der Waals surface area contributed by atoms with E-state index >= 15 is 0 Å². The number of fused-ring (bicyclic) bond motifs is 1. The number of amides is 1. The van der Waals surface area contributed by atoms with Crippen molar-refractivity contribution in [1.82, 2.24) is 0 Å². The van der Waals surface area contributed by atoms with Crippen molar-refractivity contribution < 1.29 is 4.79 Å². The van der Waals surface area contributed by atoms with Gasteiger partial charge in [-0.05, 0) is 31.5 Å². The second-order valence-electron chi connectivity index (χ2n) is 4.06. The Hall–Kier alpha value is -0.610. The van der Waals surface area contributed by atoms with Gasteiger partial charge in [-0.1, -0.05) is 6.07 Å². The summed E-state index contributed by atoms with van der Waals surface area (Å²) < 4.78 is -0.387. The first-order valence-corrected chi connectivity index (χ1v) is 6.22. The van der Waals surface area contributed by atoms with Gasteiger partial charge < -0.3 is 5.32 Å². The van der Waals surface area contributed by atoms with E-state index < -0.39 is 0 Å². The number of anilines is 1. The summed E-state index contributed by atoms with van der Waals surface area (Å²) in [5, 5.41) is 2.92. The average Bonchev–Trinajstić information content (AvgIpc) is 2.18. The first-order valence-electron chi connectivity index (χ1n) is 4.77. The van der Waals surface area contributed by atoms with Gasteiger partial charge >= 0.3 is 0 Å². The third-order valence-electron chi connectivity index (χ3n) is 2.39. The van der Waals surface area contributed by atoms with Gasteiger partial charge in [0, 0.05) is 10.6 Å². The number of carbonyl (C=O) groups excluding carboxylic acids is 1. The van der Waals surface area contributed by atoms with Crippen molar-refractivity contribution in [1.29, 1.82) is 0 Å². The summed E-state index contributed by atoms with van der Waals surface area (Å²) in [6, 6.07) is 6.03. The fourth-order valence-corrected chi connectivity index (χ4v) is 2.78. The van der Waals surface area contributed by atoms with E-state index in [0.717, 1.165) is 16.3 Å². The van der Waals surface area contributed by atoms with Gasteiger partial charge in [-0.25, -0.2) is 0 Å². The quantitative estimate of drug-likeness (QED) is 0.738. The highest BCUT2D eigenvalue weighted by atomic mass is 32.2. The zero-order chi connectivity index (χ0) is 11.1. The van der Waals surface area contributed by atoms with Crippen LogP contribution in [0.1, 0.15) is 19.4 Å². The van der Waals surface area contributed by atoms with Crippen LogP contribution >= 0.6 is 24.4 Å². The monoisotopic (exact) mass is 239 g/mol. The molecule has 2 nitrogen and oxygen atoms in total. The average molecular weight is 239 g/mol. The molecule has 0 bridgehead atoms. The van der Waals surface area contributed by atoms with Gasteiger partial charge in [0.25, 0.3) is 0 Å². The van der Waals surface area contributed by atoms with E-state index in [1.165, 1.54) is 5.56 Å². The SMILES string of the molecule is CC1(C)Sc2cc(CS)ccc2NC1=O. The minimum Gasteiger partial charge on any atom is -0.324 e. The van der Waals surface area contributed by atoms with Crippen molar-refractivity contribution in [3.8, 4) is 0 Å². The van der Waals surface area contributed by atoms with E-state index in [-0.39, 0.29) is 10.7 Å². The third-order valence-corrected chi connectivity index (χ3v) is 4.01. The van der Waals surface area contributed by atoms with Crippen LogP contribution in [0.15, 0.2) is 23.1 Å². The summed E-state index contributed by atoms with van der Waals surface area (Å²) in [5.74, 6) is 0.793. The molecule has 1 heterocycles. The molecule has 2 rings (SSSR count). The van der Waals surface area contributed by atoms with E-state index in [1.54, 1.807) is 11.8 Å². The molecule has 80 valence electrons.